The summed E-state index contributed by atoms with van der Waals surface area (Å²) in [5.74, 6) is -0.343. The van der Waals surface area contributed by atoms with Gasteiger partial charge in [0.05, 0.1) is 6.04 Å². The quantitative estimate of drug-likeness (QED) is 0.537. The van der Waals surface area contributed by atoms with Gasteiger partial charge in [0.1, 0.15) is 0 Å². The average molecular weight is 243 g/mol. The number of primary amides is 1. The molecular weight excluding hydrogens is 222 g/mol. The number of nitrogens with two attached hydrogens (primary N) is 2. The molecule has 1 saturated heterocycles. The number of urea groups is 1. The second-order valence-electron chi connectivity index (χ2n) is 4.20. The fourth-order valence-corrected chi connectivity index (χ4v) is 1.95. The van der Waals surface area contributed by atoms with Crippen LogP contribution in [0.2, 0.25) is 0 Å². The summed E-state index contributed by atoms with van der Waals surface area (Å²) < 4.78 is 0. The van der Waals surface area contributed by atoms with Crippen molar-refractivity contribution in [2.75, 3.05) is 39.3 Å². The number of hydrogen-bond acceptors (Lipinski definition) is 5. The summed E-state index contributed by atoms with van der Waals surface area (Å²) in [6, 6.07) is -1.13. The molecule has 0 aromatic rings. The molecule has 0 aliphatic carbocycles. The maximum atomic E-state index is 11.6. The standard InChI is InChI=1S/C10H21N5O2/c1-8(9(16)13-10(12)17)15-6-4-14(3-2-11)5-7-15/h8H,2-7,11H2,1H3,(H3,12,13,16,17). The van der Waals surface area contributed by atoms with Crippen LogP contribution in [0.25, 0.3) is 0 Å². The molecule has 7 heteroatoms. The molecule has 0 radical (unpaired) electrons. The number of nitrogens with one attached hydrogen (secondary N) is 1. The van der Waals surface area contributed by atoms with Crippen molar-refractivity contribution in [3.05, 3.63) is 0 Å². The van der Waals surface area contributed by atoms with Gasteiger partial charge in [0.25, 0.3) is 0 Å². The van der Waals surface area contributed by atoms with Crippen LogP contribution in [-0.2, 0) is 4.79 Å². The van der Waals surface area contributed by atoms with Crippen molar-refractivity contribution in [1.82, 2.24) is 15.1 Å². The lowest BCUT2D eigenvalue weighted by atomic mass is 10.2. The van der Waals surface area contributed by atoms with Gasteiger partial charge in [-0.25, -0.2) is 4.79 Å². The number of rotatable bonds is 4. The van der Waals surface area contributed by atoms with E-state index in [-0.39, 0.29) is 11.9 Å². The van der Waals surface area contributed by atoms with Crippen molar-refractivity contribution in [1.29, 1.82) is 0 Å². The van der Waals surface area contributed by atoms with Crippen molar-refractivity contribution in [3.8, 4) is 0 Å². The number of hydrogen-bond donors (Lipinski definition) is 3. The van der Waals surface area contributed by atoms with Gasteiger partial charge >= 0.3 is 6.03 Å². The van der Waals surface area contributed by atoms with Gasteiger partial charge in [-0.05, 0) is 6.92 Å². The summed E-state index contributed by atoms with van der Waals surface area (Å²) in [7, 11) is 0. The Morgan fingerprint density at radius 3 is 2.35 bits per heavy atom. The van der Waals surface area contributed by atoms with Crippen LogP contribution in [0.15, 0.2) is 0 Å². The summed E-state index contributed by atoms with van der Waals surface area (Å²) >= 11 is 0. The minimum Gasteiger partial charge on any atom is -0.351 e. The number of nitrogens with zero attached hydrogens (tertiary/aromatic N) is 2. The Hall–Kier alpha value is -1.18. The molecule has 17 heavy (non-hydrogen) atoms. The highest BCUT2D eigenvalue weighted by atomic mass is 16.2. The van der Waals surface area contributed by atoms with Gasteiger partial charge in [-0.3, -0.25) is 19.9 Å². The number of imide groups is 1. The van der Waals surface area contributed by atoms with Crippen molar-refractivity contribution < 1.29 is 9.59 Å². The summed E-state index contributed by atoms with van der Waals surface area (Å²) in [5, 5.41) is 2.10. The van der Waals surface area contributed by atoms with Gasteiger partial charge in [-0.1, -0.05) is 0 Å². The highest BCUT2D eigenvalue weighted by Gasteiger charge is 2.25. The van der Waals surface area contributed by atoms with Crippen molar-refractivity contribution in [3.63, 3.8) is 0 Å². The fourth-order valence-electron chi connectivity index (χ4n) is 1.95. The SMILES string of the molecule is CC(C(=O)NC(N)=O)N1CCN(CCN)CC1. The molecule has 1 heterocycles. The highest BCUT2D eigenvalue weighted by Crippen LogP contribution is 2.05. The van der Waals surface area contributed by atoms with Crippen LogP contribution >= 0.6 is 0 Å². The Kier molecular flexibility index (Phi) is 5.33. The molecule has 0 aromatic carbocycles. The smallest absolute Gasteiger partial charge is 0.318 e. The normalized spacial score (nSPS) is 19.9. The predicted molar refractivity (Wildman–Crippen MR) is 64.3 cm³/mol. The highest BCUT2D eigenvalue weighted by molar-refractivity contribution is 5.96. The predicted octanol–water partition coefficient (Wildman–Crippen LogP) is -1.85. The molecular formula is C10H21N5O2. The molecule has 0 saturated carbocycles. The second-order valence-corrected chi connectivity index (χ2v) is 4.20. The van der Waals surface area contributed by atoms with Gasteiger partial charge in [0.15, 0.2) is 0 Å². The van der Waals surface area contributed by atoms with Crippen molar-refractivity contribution in [2.24, 2.45) is 11.5 Å². The molecule has 5 N–H and O–H groups in total. The minimum absolute atomic E-state index is 0.331. The molecule has 3 amide bonds. The van der Waals surface area contributed by atoms with Crippen LogP contribution in [0.1, 0.15) is 6.92 Å². The van der Waals surface area contributed by atoms with Crippen LogP contribution in [0, 0.1) is 0 Å². The first-order valence-corrected chi connectivity index (χ1v) is 5.81. The van der Waals surface area contributed by atoms with E-state index >= 15 is 0 Å². The number of amides is 3. The Labute approximate surface area is 101 Å². The van der Waals surface area contributed by atoms with Crippen LogP contribution in [0.5, 0.6) is 0 Å². The van der Waals surface area contributed by atoms with Gasteiger partial charge in [0.2, 0.25) is 5.91 Å². The topological polar surface area (TPSA) is 105 Å². The lowest BCUT2D eigenvalue weighted by Gasteiger charge is -2.37. The zero-order chi connectivity index (χ0) is 12.8. The molecule has 1 atom stereocenters. The maximum Gasteiger partial charge on any atom is 0.318 e. The first-order chi connectivity index (χ1) is 8.04. The third-order valence-electron chi connectivity index (χ3n) is 3.03. The zero-order valence-corrected chi connectivity index (χ0v) is 10.2. The minimum atomic E-state index is -0.802. The van der Waals surface area contributed by atoms with E-state index in [1.54, 1.807) is 6.92 Å². The Morgan fingerprint density at radius 2 is 1.88 bits per heavy atom. The van der Waals surface area contributed by atoms with E-state index in [1.807, 2.05) is 4.90 Å². The number of carbonyl (C=O) groups excluding carboxylic acids is 2. The molecule has 0 spiro atoms. The molecule has 0 bridgehead atoms. The van der Waals surface area contributed by atoms with Crippen LogP contribution in [0.4, 0.5) is 4.79 Å². The molecule has 0 aromatic heterocycles. The molecule has 1 unspecified atom stereocenters. The van der Waals surface area contributed by atoms with E-state index in [9.17, 15) is 9.59 Å². The van der Waals surface area contributed by atoms with E-state index in [1.165, 1.54) is 0 Å². The number of piperazine rings is 1. The van der Waals surface area contributed by atoms with Crippen LogP contribution < -0.4 is 16.8 Å². The lowest BCUT2D eigenvalue weighted by molar-refractivity contribution is -0.125. The largest absolute Gasteiger partial charge is 0.351 e. The van der Waals surface area contributed by atoms with E-state index in [0.717, 1.165) is 32.7 Å². The molecule has 7 nitrogen and oxygen atoms in total. The summed E-state index contributed by atoms with van der Waals surface area (Å²) in [4.78, 5) is 26.4. The molecule has 1 fully saturated rings. The van der Waals surface area contributed by atoms with Crippen LogP contribution in [0.3, 0.4) is 0 Å². The average Bonchev–Trinajstić information content (AvgIpc) is 2.28. The summed E-state index contributed by atoms with van der Waals surface area (Å²) in [6.07, 6.45) is 0. The second kappa shape index (κ2) is 6.53. The third-order valence-corrected chi connectivity index (χ3v) is 3.03. The zero-order valence-electron chi connectivity index (χ0n) is 10.2. The molecule has 1 aliphatic heterocycles. The van der Waals surface area contributed by atoms with Crippen molar-refractivity contribution >= 4 is 11.9 Å². The van der Waals surface area contributed by atoms with Gasteiger partial charge < -0.3 is 11.5 Å². The summed E-state index contributed by atoms with van der Waals surface area (Å²) in [6.45, 7) is 6.70. The maximum absolute atomic E-state index is 11.6. The van der Waals surface area contributed by atoms with Gasteiger partial charge in [-0.15, -0.1) is 0 Å². The lowest BCUT2D eigenvalue weighted by Crippen LogP contribution is -2.55. The van der Waals surface area contributed by atoms with E-state index in [4.69, 9.17) is 11.5 Å². The third kappa shape index (κ3) is 4.29. The summed E-state index contributed by atoms with van der Waals surface area (Å²) in [5.41, 5.74) is 10.4. The fraction of sp³-hybridized carbons (Fsp3) is 0.800. The Bertz CT molecular complexity index is 276. The molecule has 1 rings (SSSR count). The monoisotopic (exact) mass is 243 g/mol. The molecule has 98 valence electrons. The Morgan fingerprint density at radius 1 is 1.29 bits per heavy atom. The van der Waals surface area contributed by atoms with Crippen molar-refractivity contribution in [2.45, 2.75) is 13.0 Å². The van der Waals surface area contributed by atoms with Gasteiger partial charge in [-0.2, -0.15) is 0 Å². The van der Waals surface area contributed by atoms with E-state index in [2.05, 4.69) is 10.2 Å². The van der Waals surface area contributed by atoms with Crippen LogP contribution in [-0.4, -0.2) is 67.0 Å². The first-order valence-electron chi connectivity index (χ1n) is 5.81. The van der Waals surface area contributed by atoms with Gasteiger partial charge in [0, 0.05) is 39.3 Å². The van der Waals surface area contributed by atoms with E-state index in [0.29, 0.717) is 6.54 Å². The first kappa shape index (κ1) is 13.9. The number of carbonyl (C=O) groups is 2. The molecule has 1 aliphatic rings. The van der Waals surface area contributed by atoms with E-state index < -0.39 is 6.03 Å². The Balaban J connectivity index is 2.37.